The molecule has 0 aliphatic carbocycles. The molecule has 0 saturated heterocycles. The molecule has 0 heterocycles. The van der Waals surface area contributed by atoms with E-state index in [1.54, 1.807) is 0 Å². The summed E-state index contributed by atoms with van der Waals surface area (Å²) in [5.41, 5.74) is 0. The van der Waals surface area contributed by atoms with Crippen molar-refractivity contribution in [3.05, 3.63) is 0 Å². The van der Waals surface area contributed by atoms with E-state index in [1.165, 1.54) is 12.8 Å². The second-order valence-electron chi connectivity index (χ2n) is 2.54. The molecule has 0 rings (SSSR count). The maximum Gasteiger partial charge on any atom is 0.0414 e. The summed E-state index contributed by atoms with van der Waals surface area (Å²) in [4.78, 5) is 9.92. The molecule has 0 radical (unpaired) electrons. The van der Waals surface area contributed by atoms with Crippen molar-refractivity contribution >= 4 is 5.97 Å². The average molecular weight is 143 g/mol. The van der Waals surface area contributed by atoms with Crippen LogP contribution >= 0.6 is 0 Å². The third kappa shape index (κ3) is 7.47. The molecule has 0 aliphatic rings. The largest absolute Gasteiger partial charge is 0.550 e. The zero-order valence-electron chi connectivity index (χ0n) is 6.56. The summed E-state index contributed by atoms with van der Waals surface area (Å²) in [6, 6.07) is 0. The van der Waals surface area contributed by atoms with Crippen LogP contribution in [0.2, 0.25) is 0 Å². The van der Waals surface area contributed by atoms with E-state index in [2.05, 4.69) is 6.92 Å². The number of hydrogen-bond acceptors (Lipinski definition) is 2. The molecule has 0 fully saturated rings. The summed E-state index contributed by atoms with van der Waals surface area (Å²) < 4.78 is 0. The summed E-state index contributed by atoms with van der Waals surface area (Å²) in [6.45, 7) is 2.14. The Morgan fingerprint density at radius 2 is 1.80 bits per heavy atom. The molecule has 0 aromatic carbocycles. The zero-order valence-corrected chi connectivity index (χ0v) is 6.56. The topological polar surface area (TPSA) is 40.1 Å². The average Bonchev–Trinajstić information content (AvgIpc) is 1.87. The van der Waals surface area contributed by atoms with E-state index in [4.69, 9.17) is 0 Å². The van der Waals surface area contributed by atoms with Crippen LogP contribution in [0.5, 0.6) is 0 Å². The van der Waals surface area contributed by atoms with Crippen LogP contribution in [0.25, 0.3) is 0 Å². The van der Waals surface area contributed by atoms with Crippen LogP contribution in [0, 0.1) is 0 Å². The Morgan fingerprint density at radius 1 is 1.20 bits per heavy atom. The molecule has 0 aliphatic heterocycles. The van der Waals surface area contributed by atoms with Crippen molar-refractivity contribution in [2.24, 2.45) is 0 Å². The smallest absolute Gasteiger partial charge is 0.0414 e. The summed E-state index contributed by atoms with van der Waals surface area (Å²) >= 11 is 0. The van der Waals surface area contributed by atoms with E-state index >= 15 is 0 Å². The molecule has 10 heavy (non-hydrogen) atoms. The molecule has 0 N–H and O–H groups in total. The van der Waals surface area contributed by atoms with Crippen LogP contribution < -0.4 is 5.11 Å². The normalized spacial score (nSPS) is 9.70. The predicted octanol–water partition coefficient (Wildman–Crippen LogP) is 1.10. The molecule has 60 valence electrons. The Kier molecular flexibility index (Phi) is 6.24. The van der Waals surface area contributed by atoms with Crippen LogP contribution in [-0.4, -0.2) is 5.97 Å². The number of carboxylic acid groups (broad SMARTS) is 1. The minimum Gasteiger partial charge on any atom is -0.550 e. The highest BCUT2D eigenvalue weighted by atomic mass is 16.4. The fourth-order valence-corrected chi connectivity index (χ4v) is 0.873. The minimum absolute atomic E-state index is 0.226. The van der Waals surface area contributed by atoms with Gasteiger partial charge in [-0.25, -0.2) is 0 Å². The molecule has 0 amide bonds. The zero-order chi connectivity index (χ0) is 7.82. The first-order valence-corrected chi connectivity index (χ1v) is 3.97. The van der Waals surface area contributed by atoms with Gasteiger partial charge in [0.25, 0.3) is 0 Å². The lowest BCUT2D eigenvalue weighted by molar-refractivity contribution is -0.305. The SMILES string of the molecule is CCCCCCCC(=O)[O-]. The lowest BCUT2D eigenvalue weighted by atomic mass is 10.1. The van der Waals surface area contributed by atoms with E-state index < -0.39 is 5.97 Å². The van der Waals surface area contributed by atoms with Gasteiger partial charge in [0.2, 0.25) is 0 Å². The molecule has 0 aromatic rings. The molecule has 0 saturated carbocycles. The van der Waals surface area contributed by atoms with Crippen molar-refractivity contribution in [1.82, 2.24) is 0 Å². The molecule has 0 atom stereocenters. The van der Waals surface area contributed by atoms with Gasteiger partial charge in [-0.2, -0.15) is 0 Å². The van der Waals surface area contributed by atoms with Gasteiger partial charge >= 0.3 is 0 Å². The lowest BCUT2D eigenvalue weighted by Crippen LogP contribution is -2.21. The van der Waals surface area contributed by atoms with E-state index in [9.17, 15) is 9.90 Å². The summed E-state index contributed by atoms with van der Waals surface area (Å²) in [7, 11) is 0. The van der Waals surface area contributed by atoms with E-state index in [0.29, 0.717) is 0 Å². The van der Waals surface area contributed by atoms with Gasteiger partial charge in [0.1, 0.15) is 0 Å². The van der Waals surface area contributed by atoms with Crippen molar-refractivity contribution in [2.45, 2.75) is 45.4 Å². The van der Waals surface area contributed by atoms with E-state index in [0.717, 1.165) is 19.3 Å². The highest BCUT2D eigenvalue weighted by Crippen LogP contribution is 2.03. The highest BCUT2D eigenvalue weighted by Gasteiger charge is 1.88. The highest BCUT2D eigenvalue weighted by molar-refractivity contribution is 5.63. The van der Waals surface area contributed by atoms with Gasteiger partial charge in [-0.15, -0.1) is 0 Å². The van der Waals surface area contributed by atoms with Crippen molar-refractivity contribution in [2.75, 3.05) is 0 Å². The van der Waals surface area contributed by atoms with Crippen molar-refractivity contribution in [1.29, 1.82) is 0 Å². The lowest BCUT2D eigenvalue weighted by Gasteiger charge is -2.00. The van der Waals surface area contributed by atoms with Gasteiger partial charge in [-0.3, -0.25) is 0 Å². The number of aliphatic carboxylic acids is 1. The van der Waals surface area contributed by atoms with Crippen LogP contribution in [0.1, 0.15) is 45.4 Å². The number of carbonyl (C=O) groups is 1. The number of hydrogen-bond donors (Lipinski definition) is 0. The fraction of sp³-hybridized carbons (Fsp3) is 0.875. The quantitative estimate of drug-likeness (QED) is 0.522. The molecule has 0 aromatic heterocycles. The second-order valence-corrected chi connectivity index (χ2v) is 2.54. The maximum absolute atomic E-state index is 9.92. The standard InChI is InChI=1S/C8H16O2/c1-2-3-4-5-6-7-8(9)10/h2-7H2,1H3,(H,9,10)/p-1. The first kappa shape index (κ1) is 9.47. The third-order valence-electron chi connectivity index (χ3n) is 1.48. The Hall–Kier alpha value is -0.530. The van der Waals surface area contributed by atoms with E-state index in [1.807, 2.05) is 0 Å². The fourth-order valence-electron chi connectivity index (χ4n) is 0.873. The van der Waals surface area contributed by atoms with Gasteiger partial charge in [0.15, 0.2) is 0 Å². The van der Waals surface area contributed by atoms with Gasteiger partial charge < -0.3 is 9.90 Å². The monoisotopic (exact) mass is 143 g/mol. The Bertz CT molecular complexity index is 89.3. The van der Waals surface area contributed by atoms with Crippen LogP contribution in [0.15, 0.2) is 0 Å². The maximum atomic E-state index is 9.92. The number of rotatable bonds is 6. The van der Waals surface area contributed by atoms with E-state index in [-0.39, 0.29) is 6.42 Å². The molecule has 0 spiro atoms. The summed E-state index contributed by atoms with van der Waals surface area (Å²) in [5, 5.41) is 9.92. The van der Waals surface area contributed by atoms with Gasteiger partial charge in [-0.1, -0.05) is 32.6 Å². The van der Waals surface area contributed by atoms with Crippen molar-refractivity contribution in [3.8, 4) is 0 Å². The molecular weight excluding hydrogens is 128 g/mol. The van der Waals surface area contributed by atoms with Crippen molar-refractivity contribution < 1.29 is 9.90 Å². The van der Waals surface area contributed by atoms with Gasteiger partial charge in [0, 0.05) is 5.97 Å². The van der Waals surface area contributed by atoms with Crippen molar-refractivity contribution in [3.63, 3.8) is 0 Å². The minimum atomic E-state index is -0.920. The Morgan fingerprint density at radius 3 is 2.30 bits per heavy atom. The Labute approximate surface area is 62.2 Å². The number of carbonyl (C=O) groups excluding carboxylic acids is 1. The van der Waals surface area contributed by atoms with Crippen LogP contribution in [0.4, 0.5) is 0 Å². The van der Waals surface area contributed by atoms with Crippen LogP contribution in [0.3, 0.4) is 0 Å². The van der Waals surface area contributed by atoms with Crippen LogP contribution in [-0.2, 0) is 4.79 Å². The summed E-state index contributed by atoms with van der Waals surface area (Å²) in [6.07, 6.45) is 5.61. The molecule has 0 bridgehead atoms. The number of carboxylic acids is 1. The number of unbranched alkanes of at least 4 members (excludes halogenated alkanes) is 4. The summed E-state index contributed by atoms with van der Waals surface area (Å²) in [5.74, 6) is -0.920. The molecule has 2 nitrogen and oxygen atoms in total. The predicted molar refractivity (Wildman–Crippen MR) is 38.4 cm³/mol. The van der Waals surface area contributed by atoms with Gasteiger partial charge in [0.05, 0.1) is 0 Å². The second kappa shape index (κ2) is 6.59. The Balaban J connectivity index is 2.84. The molecule has 2 heteroatoms. The van der Waals surface area contributed by atoms with Gasteiger partial charge in [-0.05, 0) is 12.8 Å². The first-order valence-electron chi connectivity index (χ1n) is 3.97. The molecular formula is C8H15O2-. The third-order valence-corrected chi connectivity index (χ3v) is 1.48. The first-order chi connectivity index (χ1) is 4.77. The molecule has 0 unspecified atom stereocenters.